The number of hydrogen-bond acceptors (Lipinski definition) is 5. The van der Waals surface area contributed by atoms with Gasteiger partial charge < -0.3 is 14.6 Å². The number of esters is 2. The van der Waals surface area contributed by atoms with Crippen LogP contribution in [0.1, 0.15) is 72.6 Å². The lowest BCUT2D eigenvalue weighted by atomic mass is 9.48. The molecular weight excluding hydrogens is 368 g/mol. The van der Waals surface area contributed by atoms with Crippen LogP contribution in [0.5, 0.6) is 0 Å². The van der Waals surface area contributed by atoms with Gasteiger partial charge in [0.15, 0.2) is 0 Å². The number of aliphatic hydroxyl groups excluding tert-OH is 1. The fourth-order valence-electron chi connectivity index (χ4n) is 7.50. The minimum atomic E-state index is -0.398. The van der Waals surface area contributed by atoms with Crippen molar-refractivity contribution in [3.63, 3.8) is 0 Å². The van der Waals surface area contributed by atoms with Crippen LogP contribution in [0.4, 0.5) is 0 Å². The van der Waals surface area contributed by atoms with Crippen molar-refractivity contribution in [2.75, 3.05) is 6.61 Å². The summed E-state index contributed by atoms with van der Waals surface area (Å²) in [5.41, 5.74) is 1.58. The molecule has 0 aliphatic heterocycles. The van der Waals surface area contributed by atoms with E-state index in [4.69, 9.17) is 9.47 Å². The fraction of sp³-hybridized carbons (Fsp3) is 0.833. The van der Waals surface area contributed by atoms with E-state index in [9.17, 15) is 14.7 Å². The third-order valence-electron chi connectivity index (χ3n) is 9.01. The van der Waals surface area contributed by atoms with Crippen molar-refractivity contribution in [2.24, 2.45) is 34.5 Å². The molecule has 3 saturated carbocycles. The minimum Gasteiger partial charge on any atom is -0.465 e. The summed E-state index contributed by atoms with van der Waals surface area (Å²) in [7, 11) is 0. The van der Waals surface area contributed by atoms with Crippen LogP contribution in [0.3, 0.4) is 0 Å². The molecule has 29 heavy (non-hydrogen) atoms. The Morgan fingerprint density at radius 1 is 1.14 bits per heavy atom. The van der Waals surface area contributed by atoms with Crippen LogP contribution >= 0.6 is 0 Å². The molecule has 162 valence electrons. The van der Waals surface area contributed by atoms with E-state index in [0.717, 1.165) is 44.9 Å². The normalized spacial score (nSPS) is 46.0. The van der Waals surface area contributed by atoms with E-state index in [2.05, 4.69) is 19.9 Å². The maximum absolute atomic E-state index is 11.4. The van der Waals surface area contributed by atoms with Crippen LogP contribution in [0.25, 0.3) is 0 Å². The molecule has 4 aliphatic rings. The predicted octanol–water partition coefficient (Wildman–Crippen LogP) is 4.03. The van der Waals surface area contributed by atoms with Crippen LogP contribution in [0.15, 0.2) is 11.6 Å². The van der Waals surface area contributed by atoms with E-state index in [1.807, 2.05) is 0 Å². The van der Waals surface area contributed by atoms with Crippen LogP contribution in [-0.4, -0.2) is 35.9 Å². The maximum atomic E-state index is 11.4. The van der Waals surface area contributed by atoms with Crippen LogP contribution < -0.4 is 0 Å². The van der Waals surface area contributed by atoms with Gasteiger partial charge in [-0.25, -0.2) is 0 Å². The van der Waals surface area contributed by atoms with Gasteiger partial charge in [-0.2, -0.15) is 0 Å². The number of fused-ring (bicyclic) bond motifs is 5. The topological polar surface area (TPSA) is 72.8 Å². The Morgan fingerprint density at radius 3 is 2.59 bits per heavy atom. The van der Waals surface area contributed by atoms with Crippen LogP contribution in [-0.2, 0) is 19.1 Å². The second kappa shape index (κ2) is 7.40. The van der Waals surface area contributed by atoms with Crippen LogP contribution in [0, 0.1) is 34.5 Å². The first-order valence-corrected chi connectivity index (χ1v) is 11.3. The zero-order chi connectivity index (χ0) is 21.0. The number of allylic oxidation sites excluding steroid dienone is 1. The summed E-state index contributed by atoms with van der Waals surface area (Å²) < 4.78 is 10.8. The number of carbonyl (C=O) groups excluding carboxylic acids is 2. The highest BCUT2D eigenvalue weighted by Crippen LogP contribution is 2.65. The van der Waals surface area contributed by atoms with Gasteiger partial charge in [-0.1, -0.05) is 25.5 Å². The van der Waals surface area contributed by atoms with E-state index in [-0.39, 0.29) is 34.8 Å². The van der Waals surface area contributed by atoms with Crippen LogP contribution in [0.2, 0.25) is 0 Å². The van der Waals surface area contributed by atoms with Crippen molar-refractivity contribution in [1.29, 1.82) is 0 Å². The Balaban J connectivity index is 1.54. The van der Waals surface area contributed by atoms with Gasteiger partial charge >= 0.3 is 11.9 Å². The summed E-state index contributed by atoms with van der Waals surface area (Å²) in [4.78, 5) is 22.7. The average molecular weight is 405 g/mol. The molecule has 0 spiro atoms. The van der Waals surface area contributed by atoms with E-state index < -0.39 is 6.10 Å². The number of carbonyl (C=O) groups is 2. The highest BCUT2D eigenvalue weighted by atomic mass is 16.5. The number of rotatable bonds is 3. The van der Waals surface area contributed by atoms with E-state index in [1.54, 1.807) is 0 Å². The monoisotopic (exact) mass is 404 g/mol. The lowest BCUT2D eigenvalue weighted by Gasteiger charge is -2.57. The molecule has 4 rings (SSSR count). The first-order valence-electron chi connectivity index (χ1n) is 11.3. The summed E-state index contributed by atoms with van der Waals surface area (Å²) >= 11 is 0. The summed E-state index contributed by atoms with van der Waals surface area (Å²) in [5.74, 6) is 1.27. The van der Waals surface area contributed by atoms with Crippen molar-refractivity contribution >= 4 is 11.9 Å². The third kappa shape index (κ3) is 3.43. The van der Waals surface area contributed by atoms with E-state index in [1.165, 1.54) is 19.4 Å². The summed E-state index contributed by atoms with van der Waals surface area (Å²) in [6, 6.07) is 0. The molecule has 3 fully saturated rings. The van der Waals surface area contributed by atoms with Gasteiger partial charge in [-0.05, 0) is 67.1 Å². The smallest absolute Gasteiger partial charge is 0.302 e. The molecule has 0 saturated heterocycles. The lowest BCUT2D eigenvalue weighted by molar-refractivity contribution is -0.148. The van der Waals surface area contributed by atoms with Crippen molar-refractivity contribution in [2.45, 2.75) is 84.8 Å². The van der Waals surface area contributed by atoms with Gasteiger partial charge in [0, 0.05) is 26.2 Å². The Bertz CT molecular complexity index is 714. The van der Waals surface area contributed by atoms with Crippen molar-refractivity contribution in [3.05, 3.63) is 11.6 Å². The summed E-state index contributed by atoms with van der Waals surface area (Å²) in [6.45, 7) is 7.95. The summed E-state index contributed by atoms with van der Waals surface area (Å²) in [6.07, 6.45) is 9.11. The highest BCUT2D eigenvalue weighted by molar-refractivity contribution is 5.66. The zero-order valence-corrected chi connectivity index (χ0v) is 18.3. The Hall–Kier alpha value is -1.36. The SMILES string of the molecule is CC(=O)OC[C@@H]1C[C@H]2[C@@H]3CC=C4C[C@@H](OC(C)=O)CC[C@]4(C)[C@H]3CC[C@]2(C)[C@@H]1O. The predicted molar refractivity (Wildman–Crippen MR) is 109 cm³/mol. The molecule has 0 aromatic heterocycles. The van der Waals surface area contributed by atoms with E-state index in [0.29, 0.717) is 24.4 Å². The van der Waals surface area contributed by atoms with Crippen molar-refractivity contribution < 1.29 is 24.2 Å². The van der Waals surface area contributed by atoms with Gasteiger partial charge in [0.2, 0.25) is 0 Å². The Morgan fingerprint density at radius 2 is 1.90 bits per heavy atom. The molecule has 1 N–H and O–H groups in total. The number of hydrogen-bond donors (Lipinski definition) is 1. The summed E-state index contributed by atoms with van der Waals surface area (Å²) in [5, 5.41) is 11.1. The third-order valence-corrected chi connectivity index (χ3v) is 9.01. The molecule has 0 unspecified atom stereocenters. The molecule has 0 aromatic carbocycles. The highest BCUT2D eigenvalue weighted by Gasteiger charge is 2.61. The maximum Gasteiger partial charge on any atom is 0.302 e. The minimum absolute atomic E-state index is 0.0265. The largest absolute Gasteiger partial charge is 0.465 e. The molecule has 0 amide bonds. The first kappa shape index (κ1) is 20.9. The van der Waals surface area contributed by atoms with E-state index >= 15 is 0 Å². The first-order chi connectivity index (χ1) is 13.6. The molecule has 4 aliphatic carbocycles. The van der Waals surface area contributed by atoms with Gasteiger partial charge in [0.25, 0.3) is 0 Å². The molecule has 0 aromatic rings. The fourth-order valence-corrected chi connectivity index (χ4v) is 7.50. The zero-order valence-electron chi connectivity index (χ0n) is 18.3. The standard InChI is InChI=1S/C24H36O5/c1-14(25)28-13-16-11-21-19-6-5-17-12-18(29-15(2)26)7-9-23(17,3)20(19)8-10-24(21,4)22(16)27/h5,16,18-22,27H,6-13H2,1-4H3/t16-,18-,19+,20-,21-,22+,23-,24-/m0/s1. The molecule has 0 heterocycles. The quantitative estimate of drug-likeness (QED) is 0.568. The van der Waals surface area contributed by atoms with Gasteiger partial charge in [-0.3, -0.25) is 9.59 Å². The van der Waals surface area contributed by atoms with Gasteiger partial charge in [-0.15, -0.1) is 0 Å². The molecule has 8 atom stereocenters. The van der Waals surface area contributed by atoms with Gasteiger partial charge in [0.1, 0.15) is 6.10 Å². The molecular formula is C24H36O5. The molecule has 0 radical (unpaired) electrons. The molecule has 0 bridgehead atoms. The van der Waals surface area contributed by atoms with Gasteiger partial charge in [0.05, 0.1) is 12.7 Å². The molecule has 5 nitrogen and oxygen atoms in total. The van der Waals surface area contributed by atoms with Crippen molar-refractivity contribution in [1.82, 2.24) is 0 Å². The number of aliphatic hydroxyl groups is 1. The number of ether oxygens (including phenoxy) is 2. The Labute approximate surface area is 174 Å². The van der Waals surface area contributed by atoms with Crippen molar-refractivity contribution in [3.8, 4) is 0 Å². The molecule has 5 heteroatoms. The average Bonchev–Trinajstić information content (AvgIpc) is 2.91. The second-order valence-corrected chi connectivity index (χ2v) is 10.5. The second-order valence-electron chi connectivity index (χ2n) is 10.5. The lowest BCUT2D eigenvalue weighted by Crippen LogP contribution is -2.51. The Kier molecular flexibility index (Phi) is 5.33.